The normalized spacial score (nSPS) is 18.8. The second kappa shape index (κ2) is 16.1. The number of fused-ring (bicyclic) bond motifs is 3. The maximum absolute atomic E-state index is 14.1. The van der Waals surface area contributed by atoms with Gasteiger partial charge in [-0.3, -0.25) is 24.1 Å². The number of hydrogen-bond acceptors (Lipinski definition) is 10. The Kier molecular flexibility index (Phi) is 11.2. The number of benzene rings is 3. The molecule has 0 radical (unpaired) electrons. The van der Waals surface area contributed by atoms with Crippen LogP contribution >= 0.6 is 0 Å². The summed E-state index contributed by atoms with van der Waals surface area (Å²) in [6, 6.07) is 15.5. The summed E-state index contributed by atoms with van der Waals surface area (Å²) in [4.78, 5) is 68.0. The minimum absolute atomic E-state index is 0.140. The van der Waals surface area contributed by atoms with Crippen LogP contribution < -0.4 is 39.6 Å². The number of methoxy groups -OCH3 is 2. The lowest BCUT2D eigenvalue weighted by Gasteiger charge is -2.40. The van der Waals surface area contributed by atoms with Crippen LogP contribution in [0.5, 0.6) is 34.5 Å². The molecular formula is C38H43N5O10. The fourth-order valence-corrected chi connectivity index (χ4v) is 6.47. The zero-order valence-corrected chi connectivity index (χ0v) is 29.9. The molecule has 15 heteroatoms. The average molecular weight is 730 g/mol. The third-order valence-electron chi connectivity index (χ3n) is 9.39. The van der Waals surface area contributed by atoms with Crippen LogP contribution in [0.1, 0.15) is 48.5 Å². The molecule has 0 aliphatic carbocycles. The first-order valence-electron chi connectivity index (χ1n) is 17.5. The molecule has 1 unspecified atom stereocenters. The summed E-state index contributed by atoms with van der Waals surface area (Å²) in [6.07, 6.45) is 0.789. The minimum atomic E-state index is -1.33. The van der Waals surface area contributed by atoms with Gasteiger partial charge in [-0.15, -0.1) is 0 Å². The SMILES string of the molecule is CCCN1C(=O)NC(CC(=O)N2CCC3(CC2)Oc2ccc(cc2)OCCNC(=O)c2ccc(c(OC)c2)Oc2ccc(cc2OC)CNC3=O)C1=O. The highest BCUT2D eigenvalue weighted by Crippen LogP contribution is 2.38. The molecule has 1 atom stereocenters. The van der Waals surface area contributed by atoms with Crippen molar-refractivity contribution in [1.29, 1.82) is 0 Å². The van der Waals surface area contributed by atoms with E-state index in [1.165, 1.54) is 14.2 Å². The highest BCUT2D eigenvalue weighted by molar-refractivity contribution is 6.05. The van der Waals surface area contributed by atoms with Crippen molar-refractivity contribution in [3.05, 3.63) is 71.8 Å². The van der Waals surface area contributed by atoms with Crippen LogP contribution in [0.2, 0.25) is 0 Å². The standard InChI is InChI=1S/C38H43N5O10/c1-4-16-43-35(46)28(41-37(43)48)22-33(44)42-17-13-38(14-18-42)36(47)40-23-24-5-11-29(31(20-24)49-2)52-30-12-6-25(21-32(30)50-3)34(45)39-15-19-51-26-7-9-27(53-38)10-8-26/h5-12,20-21,28H,4,13-19,22-23H2,1-3H3,(H,39,45)(H,40,47)(H,41,48). The van der Waals surface area contributed by atoms with Crippen LogP contribution in [0.15, 0.2) is 60.7 Å². The number of urea groups is 1. The van der Waals surface area contributed by atoms with Crippen LogP contribution in [-0.2, 0) is 20.9 Å². The van der Waals surface area contributed by atoms with Crippen LogP contribution in [0.3, 0.4) is 0 Å². The minimum Gasteiger partial charge on any atom is -0.493 e. The highest BCUT2D eigenvalue weighted by atomic mass is 16.5. The third kappa shape index (κ3) is 8.24. The molecule has 9 rings (SSSR count). The zero-order chi connectivity index (χ0) is 37.5. The predicted octanol–water partition coefficient (Wildman–Crippen LogP) is 3.40. The van der Waals surface area contributed by atoms with Crippen molar-refractivity contribution >= 4 is 29.7 Å². The number of amides is 6. The first kappa shape index (κ1) is 36.8. The summed E-state index contributed by atoms with van der Waals surface area (Å²) in [5.74, 6) is 1.10. The number of nitrogens with zero attached hydrogens (tertiary/aromatic N) is 2. The summed E-state index contributed by atoms with van der Waals surface area (Å²) >= 11 is 0. The van der Waals surface area contributed by atoms with E-state index in [0.717, 1.165) is 10.5 Å². The quantitative estimate of drug-likeness (QED) is 0.319. The summed E-state index contributed by atoms with van der Waals surface area (Å²) in [5.41, 5.74) is -0.221. The molecule has 6 heterocycles. The lowest BCUT2D eigenvalue weighted by atomic mass is 9.89. The van der Waals surface area contributed by atoms with Gasteiger partial charge in [0.15, 0.2) is 28.6 Å². The van der Waals surface area contributed by atoms with Crippen molar-refractivity contribution in [3.8, 4) is 34.5 Å². The van der Waals surface area contributed by atoms with E-state index in [1.807, 2.05) is 6.92 Å². The van der Waals surface area contributed by atoms with Gasteiger partial charge in [0, 0.05) is 44.6 Å². The van der Waals surface area contributed by atoms with Gasteiger partial charge >= 0.3 is 6.03 Å². The average Bonchev–Trinajstić information content (AvgIpc) is 3.43. The Hall–Kier alpha value is -5.99. The van der Waals surface area contributed by atoms with Crippen molar-refractivity contribution in [1.82, 2.24) is 25.8 Å². The van der Waals surface area contributed by atoms with Crippen LogP contribution in [0.4, 0.5) is 4.79 Å². The van der Waals surface area contributed by atoms with E-state index in [-0.39, 0.29) is 76.3 Å². The lowest BCUT2D eigenvalue weighted by Crippen LogP contribution is -2.58. The second-order valence-corrected chi connectivity index (χ2v) is 12.9. The lowest BCUT2D eigenvalue weighted by molar-refractivity contribution is -0.147. The van der Waals surface area contributed by atoms with Gasteiger partial charge < -0.3 is 44.5 Å². The number of ether oxygens (including phenoxy) is 5. The van der Waals surface area contributed by atoms with E-state index in [1.54, 1.807) is 65.6 Å². The first-order chi connectivity index (χ1) is 25.6. The summed E-state index contributed by atoms with van der Waals surface area (Å²) in [7, 11) is 2.99. The van der Waals surface area contributed by atoms with Crippen molar-refractivity contribution in [2.24, 2.45) is 0 Å². The Labute approximate surface area is 306 Å². The molecule has 3 aromatic rings. The van der Waals surface area contributed by atoms with E-state index in [4.69, 9.17) is 23.7 Å². The molecule has 15 nitrogen and oxygen atoms in total. The molecule has 1 spiro atoms. The molecule has 6 aliphatic rings. The van der Waals surface area contributed by atoms with Gasteiger partial charge in [0.2, 0.25) is 5.91 Å². The molecule has 6 bridgehead atoms. The number of rotatable bonds is 6. The number of carbonyl (C=O) groups excluding carboxylic acids is 5. The van der Waals surface area contributed by atoms with Crippen LogP contribution in [0.25, 0.3) is 0 Å². The van der Waals surface area contributed by atoms with Gasteiger partial charge in [0.1, 0.15) is 24.1 Å². The Morgan fingerprint density at radius 2 is 1.57 bits per heavy atom. The predicted molar refractivity (Wildman–Crippen MR) is 190 cm³/mol. The fourth-order valence-electron chi connectivity index (χ4n) is 6.47. The highest BCUT2D eigenvalue weighted by Gasteiger charge is 2.46. The Morgan fingerprint density at radius 3 is 2.26 bits per heavy atom. The molecule has 280 valence electrons. The molecule has 3 N–H and O–H groups in total. The fraction of sp³-hybridized carbons (Fsp3) is 0.395. The summed E-state index contributed by atoms with van der Waals surface area (Å²) in [6.45, 7) is 3.10. The third-order valence-corrected chi connectivity index (χ3v) is 9.39. The number of imide groups is 1. The van der Waals surface area contributed by atoms with Gasteiger partial charge in [0.05, 0.1) is 27.2 Å². The van der Waals surface area contributed by atoms with Crippen molar-refractivity contribution < 1.29 is 47.7 Å². The van der Waals surface area contributed by atoms with E-state index < -0.39 is 23.6 Å². The largest absolute Gasteiger partial charge is 0.493 e. The van der Waals surface area contributed by atoms with Gasteiger partial charge in [-0.05, 0) is 66.6 Å². The van der Waals surface area contributed by atoms with Gasteiger partial charge in [-0.1, -0.05) is 13.0 Å². The van der Waals surface area contributed by atoms with Gasteiger partial charge in [-0.25, -0.2) is 4.79 Å². The topological polar surface area (TPSA) is 174 Å². The van der Waals surface area contributed by atoms with Crippen LogP contribution in [0, 0.1) is 0 Å². The van der Waals surface area contributed by atoms with Gasteiger partial charge in [-0.2, -0.15) is 0 Å². The Morgan fingerprint density at radius 1 is 0.887 bits per heavy atom. The molecule has 2 fully saturated rings. The smallest absolute Gasteiger partial charge is 0.324 e. The number of nitrogens with one attached hydrogen (secondary N) is 3. The maximum atomic E-state index is 14.1. The molecule has 53 heavy (non-hydrogen) atoms. The summed E-state index contributed by atoms with van der Waals surface area (Å²) in [5, 5.41) is 8.45. The van der Waals surface area contributed by atoms with Crippen LogP contribution in [-0.4, -0.2) is 98.1 Å². The van der Waals surface area contributed by atoms with E-state index >= 15 is 0 Å². The molecule has 3 aromatic carbocycles. The van der Waals surface area contributed by atoms with Crippen molar-refractivity contribution in [3.63, 3.8) is 0 Å². The van der Waals surface area contributed by atoms with E-state index in [2.05, 4.69) is 16.0 Å². The van der Waals surface area contributed by atoms with Crippen molar-refractivity contribution in [2.45, 2.75) is 50.8 Å². The summed E-state index contributed by atoms with van der Waals surface area (Å²) < 4.78 is 29.5. The molecule has 2 saturated heterocycles. The van der Waals surface area contributed by atoms with E-state index in [0.29, 0.717) is 46.5 Å². The molecule has 6 aliphatic heterocycles. The number of likely N-dealkylation sites (tertiary alicyclic amines) is 1. The van der Waals surface area contributed by atoms with E-state index in [9.17, 15) is 24.0 Å². The monoisotopic (exact) mass is 729 g/mol. The molecule has 6 amide bonds. The second-order valence-electron chi connectivity index (χ2n) is 12.9. The first-order valence-corrected chi connectivity index (χ1v) is 17.5. The molecule has 0 aromatic heterocycles. The Bertz CT molecular complexity index is 1860. The number of carbonyl (C=O) groups is 5. The van der Waals surface area contributed by atoms with Crippen molar-refractivity contribution in [2.75, 3.05) is 47.0 Å². The maximum Gasteiger partial charge on any atom is 0.324 e. The molecular weight excluding hydrogens is 686 g/mol. The molecule has 0 saturated carbocycles. The Balaban J connectivity index is 1.21. The number of piperidine rings is 1. The number of hydrogen-bond donors (Lipinski definition) is 3. The van der Waals surface area contributed by atoms with Gasteiger partial charge in [0.25, 0.3) is 17.7 Å². The zero-order valence-electron chi connectivity index (χ0n) is 29.9.